The fourth-order valence-corrected chi connectivity index (χ4v) is 6.52. The molecular formula is C32H42N2O8S2. The van der Waals surface area contributed by atoms with E-state index in [4.69, 9.17) is 18.9 Å². The molecule has 0 aromatic heterocycles. The normalized spacial score (nSPS) is 18.2. The van der Waals surface area contributed by atoms with E-state index in [-0.39, 0.29) is 12.8 Å². The zero-order valence-electron chi connectivity index (χ0n) is 26.0. The van der Waals surface area contributed by atoms with Crippen molar-refractivity contribution < 1.29 is 38.1 Å². The van der Waals surface area contributed by atoms with Crippen LogP contribution in [0, 0.1) is 0 Å². The maximum absolute atomic E-state index is 13.5. The van der Waals surface area contributed by atoms with Gasteiger partial charge in [0.05, 0.1) is 0 Å². The lowest BCUT2D eigenvalue weighted by Gasteiger charge is -2.32. The Balaban J connectivity index is 1.74. The van der Waals surface area contributed by atoms with Crippen LogP contribution in [0.5, 0.6) is 0 Å². The topological polar surface area (TPSA) is 129 Å². The largest absolute Gasteiger partial charge is 0.456 e. The first-order chi connectivity index (χ1) is 20.7. The first-order valence-corrected chi connectivity index (χ1v) is 16.9. The van der Waals surface area contributed by atoms with Crippen LogP contribution in [0.4, 0.5) is 9.59 Å². The molecule has 1 aliphatic heterocycles. The Morgan fingerprint density at radius 3 is 1.32 bits per heavy atom. The van der Waals surface area contributed by atoms with Gasteiger partial charge in [0.2, 0.25) is 0 Å². The molecule has 240 valence electrons. The highest BCUT2D eigenvalue weighted by Crippen LogP contribution is 2.33. The minimum absolute atomic E-state index is 0.178. The van der Waals surface area contributed by atoms with Crippen LogP contribution in [0.25, 0.3) is 0 Å². The lowest BCUT2D eigenvalue weighted by Crippen LogP contribution is -2.51. The predicted molar refractivity (Wildman–Crippen MR) is 171 cm³/mol. The van der Waals surface area contributed by atoms with Crippen LogP contribution in [0.15, 0.2) is 60.7 Å². The maximum atomic E-state index is 13.5. The summed E-state index contributed by atoms with van der Waals surface area (Å²) >= 11 is 0. The van der Waals surface area contributed by atoms with E-state index in [9.17, 15) is 19.2 Å². The van der Waals surface area contributed by atoms with Gasteiger partial charge >= 0.3 is 24.1 Å². The van der Waals surface area contributed by atoms with Crippen LogP contribution in [0.1, 0.15) is 52.7 Å². The number of hydrogen-bond donors (Lipinski definition) is 2. The lowest BCUT2D eigenvalue weighted by molar-refractivity contribution is -0.167. The van der Waals surface area contributed by atoms with E-state index in [0.29, 0.717) is 11.5 Å². The van der Waals surface area contributed by atoms with Gasteiger partial charge in [0.15, 0.2) is 0 Å². The Hall–Kier alpha value is -3.38. The Morgan fingerprint density at radius 2 is 1.00 bits per heavy atom. The van der Waals surface area contributed by atoms with E-state index in [2.05, 4.69) is 10.6 Å². The number of rotatable bonds is 10. The first-order valence-electron chi connectivity index (χ1n) is 14.4. The molecule has 12 heteroatoms. The summed E-state index contributed by atoms with van der Waals surface area (Å²) in [5.74, 6) is -0.624. The molecule has 2 aromatic rings. The maximum Gasteiger partial charge on any atom is 0.408 e. The second-order valence-corrected chi connectivity index (χ2v) is 14.8. The van der Waals surface area contributed by atoms with E-state index >= 15 is 0 Å². The number of amides is 2. The van der Waals surface area contributed by atoms with Crippen molar-refractivity contribution in [1.29, 1.82) is 0 Å². The zero-order valence-corrected chi connectivity index (χ0v) is 27.6. The van der Waals surface area contributed by atoms with E-state index in [0.717, 1.165) is 11.1 Å². The van der Waals surface area contributed by atoms with Gasteiger partial charge in [-0.25, -0.2) is 19.2 Å². The SMILES string of the molecule is CC(C)(C)OC(=O)N[C@@H](Cc1ccccc1)C(=O)O[C@H]1CSSC[C@@H]1OC(=O)[C@H](Cc1ccccc1)NC(=O)OC(C)(C)C. The van der Waals surface area contributed by atoms with Gasteiger partial charge in [-0.1, -0.05) is 82.3 Å². The summed E-state index contributed by atoms with van der Waals surface area (Å²) in [6.45, 7) is 10.4. The highest BCUT2D eigenvalue weighted by Gasteiger charge is 2.37. The average Bonchev–Trinajstić information content (AvgIpc) is 2.92. The molecule has 2 aromatic carbocycles. The number of benzene rings is 2. The van der Waals surface area contributed by atoms with Crippen LogP contribution in [0.2, 0.25) is 0 Å². The van der Waals surface area contributed by atoms with Crippen molar-refractivity contribution in [3.05, 3.63) is 71.8 Å². The van der Waals surface area contributed by atoms with Gasteiger partial charge in [-0.15, -0.1) is 0 Å². The third-order valence-electron chi connectivity index (χ3n) is 6.01. The number of hydrogen-bond acceptors (Lipinski definition) is 10. The highest BCUT2D eigenvalue weighted by molar-refractivity contribution is 8.76. The van der Waals surface area contributed by atoms with E-state index in [1.165, 1.54) is 21.6 Å². The number of esters is 2. The van der Waals surface area contributed by atoms with Crippen LogP contribution < -0.4 is 10.6 Å². The number of nitrogens with one attached hydrogen (secondary N) is 2. The predicted octanol–water partition coefficient (Wildman–Crippen LogP) is 5.48. The molecule has 0 radical (unpaired) electrons. The summed E-state index contributed by atoms with van der Waals surface area (Å²) in [5, 5.41) is 5.27. The van der Waals surface area contributed by atoms with Gasteiger partial charge in [0.1, 0.15) is 35.5 Å². The lowest BCUT2D eigenvalue weighted by atomic mass is 10.1. The number of alkyl carbamates (subject to hydrolysis) is 2. The molecule has 0 saturated carbocycles. The van der Waals surface area contributed by atoms with Gasteiger partial charge < -0.3 is 29.6 Å². The van der Waals surface area contributed by atoms with Crippen molar-refractivity contribution in [2.75, 3.05) is 11.5 Å². The fraction of sp³-hybridized carbons (Fsp3) is 0.500. The highest BCUT2D eigenvalue weighted by atomic mass is 33.1. The van der Waals surface area contributed by atoms with Crippen LogP contribution in [0.3, 0.4) is 0 Å². The Morgan fingerprint density at radius 1 is 0.659 bits per heavy atom. The smallest absolute Gasteiger partial charge is 0.408 e. The molecule has 0 unspecified atom stereocenters. The van der Waals surface area contributed by atoms with Crippen molar-refractivity contribution >= 4 is 45.7 Å². The molecule has 2 amide bonds. The molecule has 1 heterocycles. The number of carbonyl (C=O) groups is 4. The summed E-state index contributed by atoms with van der Waals surface area (Å²) < 4.78 is 22.5. The summed E-state index contributed by atoms with van der Waals surface area (Å²) in [5.41, 5.74) is 0.120. The quantitative estimate of drug-likeness (QED) is 0.195. The van der Waals surface area contributed by atoms with Crippen LogP contribution >= 0.6 is 21.6 Å². The molecule has 2 N–H and O–H groups in total. The standard InChI is InChI=1S/C32H42N2O8S2/c1-31(2,3)41-29(37)33-23(17-21-13-9-7-10-14-21)27(35)39-25-19-43-44-20-26(25)40-28(36)24(18-22-15-11-8-12-16-22)34-30(38)42-32(4,5)6/h7-16,23-26H,17-20H2,1-6H3,(H,33,37)(H,34,38)/t23-,24-,25-,26-/m0/s1. The molecular weight excluding hydrogens is 604 g/mol. The molecule has 10 nitrogen and oxygen atoms in total. The second-order valence-electron chi connectivity index (χ2n) is 12.3. The van der Waals surface area contributed by atoms with Crippen molar-refractivity contribution in [3.8, 4) is 0 Å². The summed E-state index contributed by atoms with van der Waals surface area (Å²) in [4.78, 5) is 52.2. The van der Waals surface area contributed by atoms with E-state index in [1.54, 1.807) is 41.5 Å². The van der Waals surface area contributed by atoms with Crippen LogP contribution in [-0.2, 0) is 41.4 Å². The Kier molecular flexibility index (Phi) is 12.8. The van der Waals surface area contributed by atoms with Gasteiger partial charge in [-0.05, 0) is 52.7 Å². The van der Waals surface area contributed by atoms with Crippen molar-refractivity contribution in [2.24, 2.45) is 0 Å². The summed E-state index contributed by atoms with van der Waals surface area (Å²) in [6, 6.07) is 16.4. The molecule has 0 spiro atoms. The second kappa shape index (κ2) is 16.1. The van der Waals surface area contributed by atoms with Gasteiger partial charge in [-0.3, -0.25) is 0 Å². The van der Waals surface area contributed by atoms with Crippen molar-refractivity contribution in [3.63, 3.8) is 0 Å². The Labute approximate surface area is 267 Å². The van der Waals surface area contributed by atoms with E-state index < -0.39 is 59.6 Å². The van der Waals surface area contributed by atoms with E-state index in [1.807, 2.05) is 60.7 Å². The average molecular weight is 647 g/mol. The summed E-state index contributed by atoms with van der Waals surface area (Å²) in [7, 11) is 2.98. The fourth-order valence-electron chi connectivity index (χ4n) is 4.11. The first kappa shape index (κ1) is 35.1. The molecule has 0 aliphatic carbocycles. The molecule has 1 saturated heterocycles. The number of ether oxygens (including phenoxy) is 4. The molecule has 0 bridgehead atoms. The minimum atomic E-state index is -1.04. The van der Waals surface area contributed by atoms with Crippen LogP contribution in [-0.4, -0.2) is 71.1 Å². The summed E-state index contributed by atoms with van der Waals surface area (Å²) in [6.07, 6.45) is -2.70. The molecule has 1 fully saturated rings. The third-order valence-corrected chi connectivity index (χ3v) is 8.43. The van der Waals surface area contributed by atoms with Crippen molar-refractivity contribution in [2.45, 2.75) is 89.9 Å². The minimum Gasteiger partial charge on any atom is -0.456 e. The molecule has 1 aliphatic rings. The molecule has 3 rings (SSSR count). The molecule has 44 heavy (non-hydrogen) atoms. The molecule has 4 atom stereocenters. The van der Waals surface area contributed by atoms with Gasteiger partial charge in [0, 0.05) is 24.3 Å². The van der Waals surface area contributed by atoms with Gasteiger partial charge in [0.25, 0.3) is 0 Å². The van der Waals surface area contributed by atoms with Gasteiger partial charge in [-0.2, -0.15) is 0 Å². The Bertz CT molecular complexity index is 1150. The van der Waals surface area contributed by atoms with Crippen molar-refractivity contribution in [1.82, 2.24) is 10.6 Å². The number of carbonyl (C=O) groups excluding carboxylic acids is 4. The zero-order chi connectivity index (χ0) is 32.3. The monoisotopic (exact) mass is 646 g/mol. The third kappa shape index (κ3) is 12.7.